The summed E-state index contributed by atoms with van der Waals surface area (Å²) >= 11 is 5.93. The number of aromatic nitrogens is 1. The zero-order valence-electron chi connectivity index (χ0n) is 10.8. The average Bonchev–Trinajstić information content (AvgIpc) is 2.47. The number of pyridine rings is 1. The second-order valence-electron chi connectivity index (χ2n) is 4.05. The molecule has 1 heterocycles. The van der Waals surface area contributed by atoms with Crippen LogP contribution in [0.1, 0.15) is 5.56 Å². The molecule has 100 valence electrons. The third-order valence-corrected chi connectivity index (χ3v) is 3.22. The molecular formula is C14H15ClN2O2. The predicted octanol–water partition coefficient (Wildman–Crippen LogP) is 3.00. The summed E-state index contributed by atoms with van der Waals surface area (Å²) in [4.78, 5) is 6.16. The van der Waals surface area contributed by atoms with Gasteiger partial charge in [0.05, 0.1) is 18.7 Å². The molecule has 0 bridgehead atoms. The van der Waals surface area contributed by atoms with Gasteiger partial charge in [-0.25, -0.2) is 4.98 Å². The molecule has 0 radical (unpaired) electrons. The van der Waals surface area contributed by atoms with Crippen LogP contribution in [0, 0.1) is 0 Å². The molecule has 5 heteroatoms. The van der Waals surface area contributed by atoms with Gasteiger partial charge >= 0.3 is 0 Å². The molecule has 0 aliphatic heterocycles. The number of rotatable bonds is 4. The van der Waals surface area contributed by atoms with E-state index in [0.717, 1.165) is 11.4 Å². The van der Waals surface area contributed by atoms with Crippen molar-refractivity contribution in [2.45, 2.75) is 6.61 Å². The standard InChI is InChI=1S/C14H15ClN2O2/c1-17(11-4-3-5-12(7-11)19-2)14-6-10(9-18)13(15)8-16-14/h3-8,18H,9H2,1-2H3. The number of aliphatic hydroxyl groups excluding tert-OH is 1. The maximum Gasteiger partial charge on any atom is 0.133 e. The van der Waals surface area contributed by atoms with E-state index in [4.69, 9.17) is 16.3 Å². The molecule has 1 aromatic heterocycles. The van der Waals surface area contributed by atoms with Crippen LogP contribution in [0.5, 0.6) is 5.75 Å². The third kappa shape index (κ3) is 2.97. The molecule has 0 saturated carbocycles. The van der Waals surface area contributed by atoms with Crippen molar-refractivity contribution >= 4 is 23.1 Å². The molecular weight excluding hydrogens is 264 g/mol. The van der Waals surface area contributed by atoms with Crippen molar-refractivity contribution in [1.29, 1.82) is 0 Å². The Balaban J connectivity index is 2.35. The number of methoxy groups -OCH3 is 1. The fraction of sp³-hybridized carbons (Fsp3) is 0.214. The number of anilines is 2. The van der Waals surface area contributed by atoms with Gasteiger partial charge in [-0.3, -0.25) is 0 Å². The SMILES string of the molecule is COc1cccc(N(C)c2cc(CO)c(Cl)cn2)c1. The van der Waals surface area contributed by atoms with E-state index in [1.54, 1.807) is 19.4 Å². The van der Waals surface area contributed by atoms with Crippen LogP contribution in [0.25, 0.3) is 0 Å². The quantitative estimate of drug-likeness (QED) is 0.934. The Bertz CT molecular complexity index is 575. The molecule has 0 fully saturated rings. The van der Waals surface area contributed by atoms with E-state index < -0.39 is 0 Å². The van der Waals surface area contributed by atoms with Gasteiger partial charge in [-0.1, -0.05) is 17.7 Å². The van der Waals surface area contributed by atoms with Gasteiger partial charge in [0.2, 0.25) is 0 Å². The molecule has 19 heavy (non-hydrogen) atoms. The maximum absolute atomic E-state index is 9.23. The summed E-state index contributed by atoms with van der Waals surface area (Å²) in [5.74, 6) is 1.49. The molecule has 0 aliphatic rings. The molecule has 1 N–H and O–H groups in total. The van der Waals surface area contributed by atoms with Crippen LogP contribution in [0.15, 0.2) is 36.5 Å². The van der Waals surface area contributed by atoms with Crippen molar-refractivity contribution in [2.24, 2.45) is 0 Å². The van der Waals surface area contributed by atoms with Gasteiger partial charge in [-0.15, -0.1) is 0 Å². The van der Waals surface area contributed by atoms with Crippen LogP contribution in [-0.4, -0.2) is 24.2 Å². The smallest absolute Gasteiger partial charge is 0.133 e. The van der Waals surface area contributed by atoms with Gasteiger partial charge in [0.15, 0.2) is 0 Å². The Kier molecular flexibility index (Phi) is 4.24. The lowest BCUT2D eigenvalue weighted by Crippen LogP contribution is -2.11. The maximum atomic E-state index is 9.23. The van der Waals surface area contributed by atoms with Crippen molar-refractivity contribution in [3.05, 3.63) is 47.1 Å². The highest BCUT2D eigenvalue weighted by molar-refractivity contribution is 6.31. The third-order valence-electron chi connectivity index (χ3n) is 2.87. The number of nitrogens with zero attached hydrogens (tertiary/aromatic N) is 2. The van der Waals surface area contributed by atoms with Crippen LogP contribution in [-0.2, 0) is 6.61 Å². The summed E-state index contributed by atoms with van der Waals surface area (Å²) in [6.07, 6.45) is 1.54. The Morgan fingerprint density at radius 3 is 2.84 bits per heavy atom. The van der Waals surface area contributed by atoms with Crippen molar-refractivity contribution in [2.75, 3.05) is 19.1 Å². The van der Waals surface area contributed by atoms with Crippen LogP contribution in [0.4, 0.5) is 11.5 Å². The predicted molar refractivity (Wildman–Crippen MR) is 76.2 cm³/mol. The van der Waals surface area contributed by atoms with E-state index in [2.05, 4.69) is 4.98 Å². The monoisotopic (exact) mass is 278 g/mol. The van der Waals surface area contributed by atoms with Crippen LogP contribution in [0.3, 0.4) is 0 Å². The van der Waals surface area contributed by atoms with E-state index in [-0.39, 0.29) is 6.61 Å². The summed E-state index contributed by atoms with van der Waals surface area (Å²) in [6.45, 7) is -0.111. The molecule has 0 amide bonds. The second kappa shape index (κ2) is 5.91. The van der Waals surface area contributed by atoms with Crippen molar-refractivity contribution in [1.82, 2.24) is 4.98 Å². The number of hydrogen-bond acceptors (Lipinski definition) is 4. The second-order valence-corrected chi connectivity index (χ2v) is 4.46. The van der Waals surface area contributed by atoms with Gasteiger partial charge < -0.3 is 14.7 Å². The van der Waals surface area contributed by atoms with Gasteiger partial charge in [0, 0.05) is 30.6 Å². The summed E-state index contributed by atoms with van der Waals surface area (Å²) in [5, 5.41) is 9.69. The lowest BCUT2D eigenvalue weighted by atomic mass is 10.2. The van der Waals surface area contributed by atoms with E-state index in [1.165, 1.54) is 0 Å². The van der Waals surface area contributed by atoms with Crippen molar-refractivity contribution < 1.29 is 9.84 Å². The molecule has 0 saturated heterocycles. The lowest BCUT2D eigenvalue weighted by molar-refractivity contribution is 0.282. The normalized spacial score (nSPS) is 10.3. The van der Waals surface area contributed by atoms with Crippen LogP contribution < -0.4 is 9.64 Å². The first-order valence-corrected chi connectivity index (χ1v) is 6.16. The van der Waals surface area contributed by atoms with Crippen LogP contribution in [0.2, 0.25) is 5.02 Å². The Morgan fingerprint density at radius 1 is 1.37 bits per heavy atom. The molecule has 0 atom stereocenters. The highest BCUT2D eigenvalue weighted by Crippen LogP contribution is 2.27. The van der Waals surface area contributed by atoms with Crippen molar-refractivity contribution in [3.63, 3.8) is 0 Å². The number of halogens is 1. The first-order chi connectivity index (χ1) is 9.15. The van der Waals surface area contributed by atoms with Crippen LogP contribution >= 0.6 is 11.6 Å². The van der Waals surface area contributed by atoms with E-state index in [0.29, 0.717) is 16.4 Å². The summed E-state index contributed by atoms with van der Waals surface area (Å²) in [5.41, 5.74) is 1.60. The number of aliphatic hydroxyl groups is 1. The molecule has 2 rings (SSSR count). The minimum Gasteiger partial charge on any atom is -0.497 e. The molecule has 0 aliphatic carbocycles. The molecule has 1 aromatic carbocycles. The van der Waals surface area contributed by atoms with Gasteiger partial charge in [-0.05, 0) is 18.2 Å². The molecule has 0 spiro atoms. The topological polar surface area (TPSA) is 45.6 Å². The Hall–Kier alpha value is -1.78. The van der Waals surface area contributed by atoms with Crippen molar-refractivity contribution in [3.8, 4) is 5.75 Å². The highest BCUT2D eigenvalue weighted by Gasteiger charge is 2.09. The first-order valence-electron chi connectivity index (χ1n) is 5.78. The van der Waals surface area contributed by atoms with E-state index in [1.807, 2.05) is 36.2 Å². The van der Waals surface area contributed by atoms with E-state index in [9.17, 15) is 5.11 Å². The number of benzene rings is 1. The van der Waals surface area contributed by atoms with Gasteiger partial charge in [-0.2, -0.15) is 0 Å². The fourth-order valence-corrected chi connectivity index (χ4v) is 1.89. The molecule has 0 unspecified atom stereocenters. The summed E-state index contributed by atoms with van der Waals surface area (Å²) in [6, 6.07) is 9.42. The Labute approximate surface area is 117 Å². The summed E-state index contributed by atoms with van der Waals surface area (Å²) < 4.78 is 5.20. The summed E-state index contributed by atoms with van der Waals surface area (Å²) in [7, 11) is 3.52. The molecule has 2 aromatic rings. The number of hydrogen-bond donors (Lipinski definition) is 1. The van der Waals surface area contributed by atoms with Gasteiger partial charge in [0.25, 0.3) is 0 Å². The van der Waals surface area contributed by atoms with Gasteiger partial charge in [0.1, 0.15) is 11.6 Å². The largest absolute Gasteiger partial charge is 0.497 e. The number of ether oxygens (including phenoxy) is 1. The molecule has 4 nitrogen and oxygen atoms in total. The first kappa shape index (κ1) is 13.6. The minimum atomic E-state index is -0.111. The minimum absolute atomic E-state index is 0.111. The lowest BCUT2D eigenvalue weighted by Gasteiger charge is -2.19. The average molecular weight is 279 g/mol. The zero-order chi connectivity index (χ0) is 13.8. The zero-order valence-corrected chi connectivity index (χ0v) is 11.6. The Morgan fingerprint density at radius 2 is 2.16 bits per heavy atom. The highest BCUT2D eigenvalue weighted by atomic mass is 35.5. The van der Waals surface area contributed by atoms with E-state index >= 15 is 0 Å². The fourth-order valence-electron chi connectivity index (χ4n) is 1.72.